The molecular weight excluding hydrogens is 180 g/mol. The lowest BCUT2D eigenvalue weighted by atomic mass is 10.4. The van der Waals surface area contributed by atoms with E-state index in [0.717, 1.165) is 12.3 Å². The van der Waals surface area contributed by atoms with Gasteiger partial charge in [0.15, 0.2) is 0 Å². The summed E-state index contributed by atoms with van der Waals surface area (Å²) in [5.74, 6) is 0. The highest BCUT2D eigenvalue weighted by atomic mass is 16.8. The van der Waals surface area contributed by atoms with Gasteiger partial charge in [0.05, 0.1) is 16.1 Å². The summed E-state index contributed by atoms with van der Waals surface area (Å²) in [7, 11) is 0. The molecule has 0 aliphatic heterocycles. The highest BCUT2D eigenvalue weighted by Gasteiger charge is 2.16. The second kappa shape index (κ2) is 2.37. The van der Waals surface area contributed by atoms with E-state index in [1.165, 1.54) is 0 Å². The van der Waals surface area contributed by atoms with Gasteiger partial charge in [-0.3, -0.25) is 14.7 Å². The van der Waals surface area contributed by atoms with E-state index in [4.69, 9.17) is 0 Å². The Balaban J connectivity index is 2.72. The maximum atomic E-state index is 10.8. The molecule has 8 nitrogen and oxygen atoms in total. The maximum Gasteiger partial charge on any atom is 0.341 e. The van der Waals surface area contributed by atoms with Crippen molar-refractivity contribution in [2.24, 2.45) is 0 Å². The van der Waals surface area contributed by atoms with Gasteiger partial charge in [-0.25, -0.2) is 4.98 Å². The van der Waals surface area contributed by atoms with E-state index in [9.17, 15) is 15.3 Å². The molecule has 0 aromatic carbocycles. The molecule has 66 valence electrons. The van der Waals surface area contributed by atoms with Crippen molar-refractivity contribution in [2.45, 2.75) is 0 Å². The van der Waals surface area contributed by atoms with Crippen LogP contribution in [0.1, 0.15) is 0 Å². The van der Waals surface area contributed by atoms with Crippen LogP contribution in [0.4, 0.5) is 5.69 Å². The second-order valence-electron chi connectivity index (χ2n) is 2.22. The van der Waals surface area contributed by atoms with Crippen molar-refractivity contribution in [3.63, 3.8) is 0 Å². The van der Waals surface area contributed by atoms with Crippen molar-refractivity contribution in [3.8, 4) is 0 Å². The third-order valence-electron chi connectivity index (χ3n) is 1.44. The number of hydrogen-bond donors (Lipinski definition) is 0. The fourth-order valence-corrected chi connectivity index (χ4v) is 0.860. The lowest BCUT2D eigenvalue weighted by molar-refractivity contribution is -0.782. The normalized spacial score (nSPS) is 10.5. The first kappa shape index (κ1) is 7.40. The number of pyridine rings is 1. The first-order chi connectivity index (χ1) is 6.18. The molecule has 13 heavy (non-hydrogen) atoms. The molecule has 0 fully saturated rings. The predicted molar refractivity (Wildman–Crippen MR) is 37.4 cm³/mol. The van der Waals surface area contributed by atoms with Crippen LogP contribution in [0.5, 0.6) is 0 Å². The molecule has 0 unspecified atom stereocenters. The van der Waals surface area contributed by atoms with Gasteiger partial charge in [0.1, 0.15) is 6.20 Å². The van der Waals surface area contributed by atoms with Crippen molar-refractivity contribution in [2.75, 3.05) is 0 Å². The van der Waals surface area contributed by atoms with Gasteiger partial charge in [-0.15, -0.1) is 0 Å². The maximum absolute atomic E-state index is 10.8. The molecule has 0 amide bonds. The number of rotatable bonds is 1. The molecule has 8 heteroatoms. The van der Waals surface area contributed by atoms with Gasteiger partial charge in [0.2, 0.25) is 0 Å². The Morgan fingerprint density at radius 3 is 3.08 bits per heavy atom. The average molecular weight is 182 g/mol. The molecule has 2 aromatic rings. The van der Waals surface area contributed by atoms with Crippen LogP contribution in [0.2, 0.25) is 0 Å². The summed E-state index contributed by atoms with van der Waals surface area (Å²) in [4.78, 5) is 13.2. The fraction of sp³-hybridized carbons (Fsp3) is 0. The van der Waals surface area contributed by atoms with Crippen LogP contribution in [0.25, 0.3) is 11.2 Å². The number of nitrogens with zero attached hydrogens (tertiary/aromatic N) is 4. The third kappa shape index (κ3) is 1.04. The minimum Gasteiger partial charge on any atom is -0.359 e. The Hall–Kier alpha value is -2.25. The van der Waals surface area contributed by atoms with Gasteiger partial charge >= 0.3 is 5.65 Å². The van der Waals surface area contributed by atoms with Crippen LogP contribution in [0, 0.1) is 15.3 Å². The molecule has 0 saturated carbocycles. The Labute approximate surface area is 70.1 Å². The summed E-state index contributed by atoms with van der Waals surface area (Å²) >= 11 is 0. The van der Waals surface area contributed by atoms with Gasteiger partial charge in [0.25, 0.3) is 11.2 Å². The summed E-state index contributed by atoms with van der Waals surface area (Å²) in [6.45, 7) is 0. The van der Waals surface area contributed by atoms with E-state index in [1.807, 2.05) is 0 Å². The van der Waals surface area contributed by atoms with Gasteiger partial charge in [-0.2, -0.15) is 0 Å². The van der Waals surface area contributed by atoms with Crippen molar-refractivity contribution < 1.29 is 14.5 Å². The van der Waals surface area contributed by atoms with E-state index in [0.29, 0.717) is 0 Å². The molecule has 0 bridgehead atoms. The molecule has 2 aromatic heterocycles. The Morgan fingerprint density at radius 1 is 1.62 bits per heavy atom. The quantitative estimate of drug-likeness (QED) is 0.342. The molecule has 2 rings (SSSR count). The summed E-state index contributed by atoms with van der Waals surface area (Å²) in [6, 6.07) is 1.05. The minimum atomic E-state index is -0.653. The zero-order valence-corrected chi connectivity index (χ0v) is 6.08. The van der Waals surface area contributed by atoms with Crippen molar-refractivity contribution in [1.29, 1.82) is 0 Å². The van der Waals surface area contributed by atoms with Crippen LogP contribution in [-0.2, 0) is 0 Å². The molecule has 0 aliphatic rings. The van der Waals surface area contributed by atoms with Gasteiger partial charge in [-0.1, -0.05) is 0 Å². The molecule has 0 aliphatic carbocycles. The van der Waals surface area contributed by atoms with Crippen molar-refractivity contribution >= 4 is 16.9 Å². The van der Waals surface area contributed by atoms with Crippen LogP contribution in [0.3, 0.4) is 0 Å². The zero-order valence-electron chi connectivity index (χ0n) is 6.08. The molecular formula is C5H2N4O4. The van der Waals surface area contributed by atoms with E-state index in [1.54, 1.807) is 0 Å². The topological polar surface area (TPSA) is 109 Å². The van der Waals surface area contributed by atoms with E-state index in [2.05, 4.69) is 14.8 Å². The lowest BCUT2D eigenvalue weighted by Crippen LogP contribution is -2.22. The lowest BCUT2D eigenvalue weighted by Gasteiger charge is -1.87. The van der Waals surface area contributed by atoms with Crippen molar-refractivity contribution in [1.82, 2.24) is 10.1 Å². The van der Waals surface area contributed by atoms with E-state index in [-0.39, 0.29) is 21.8 Å². The smallest absolute Gasteiger partial charge is 0.341 e. The second-order valence-corrected chi connectivity index (χ2v) is 2.22. The Morgan fingerprint density at radius 2 is 2.38 bits per heavy atom. The molecule has 0 saturated heterocycles. The zero-order chi connectivity index (χ0) is 9.42. The standard InChI is InChI=1S/C5H2N4O4/c10-8(11)3-1-4-5(6-2-3)7-13-9(4)12/h1-2H. The van der Waals surface area contributed by atoms with Crippen LogP contribution < -0.4 is 4.90 Å². The molecule has 0 spiro atoms. The first-order valence-corrected chi connectivity index (χ1v) is 3.18. The monoisotopic (exact) mass is 182 g/mol. The summed E-state index contributed by atoms with van der Waals surface area (Å²) in [6.07, 6.45) is 1.00. The van der Waals surface area contributed by atoms with Crippen LogP contribution >= 0.6 is 0 Å². The van der Waals surface area contributed by atoms with Gasteiger partial charge < -0.3 is 5.21 Å². The molecule has 0 N–H and O–H groups in total. The third-order valence-corrected chi connectivity index (χ3v) is 1.44. The SMILES string of the molecule is O=[N+]([O-])c1cnc2no[n+]([O-])c2c1. The molecule has 2 heterocycles. The number of aromatic nitrogens is 3. The Bertz CT molecular complexity index is 478. The van der Waals surface area contributed by atoms with Gasteiger partial charge in [-0.05, 0) is 4.90 Å². The fourth-order valence-electron chi connectivity index (χ4n) is 0.860. The first-order valence-electron chi connectivity index (χ1n) is 3.18. The average Bonchev–Trinajstić information content (AvgIpc) is 2.47. The summed E-state index contributed by atoms with van der Waals surface area (Å²) in [5, 5.41) is 24.3. The number of nitro groups is 1. The van der Waals surface area contributed by atoms with E-state index < -0.39 is 4.92 Å². The highest BCUT2D eigenvalue weighted by Crippen LogP contribution is 2.13. The summed E-state index contributed by atoms with van der Waals surface area (Å²) in [5.41, 5.74) is -0.296. The van der Waals surface area contributed by atoms with Gasteiger partial charge in [0, 0.05) is 0 Å². The number of fused-ring (bicyclic) bond motifs is 1. The molecule has 0 atom stereocenters. The Kier molecular flexibility index (Phi) is 1.35. The highest BCUT2D eigenvalue weighted by molar-refractivity contribution is 5.67. The van der Waals surface area contributed by atoms with Crippen LogP contribution in [-0.4, -0.2) is 15.1 Å². The summed E-state index contributed by atoms with van der Waals surface area (Å²) < 4.78 is 4.18. The van der Waals surface area contributed by atoms with E-state index >= 15 is 0 Å². The number of hydrogen-bond acceptors (Lipinski definition) is 6. The largest absolute Gasteiger partial charge is 0.359 e. The minimum absolute atomic E-state index is 0.0422. The van der Waals surface area contributed by atoms with Crippen molar-refractivity contribution in [3.05, 3.63) is 27.6 Å². The predicted octanol–water partition coefficient (Wildman–Crippen LogP) is -0.236. The van der Waals surface area contributed by atoms with Crippen LogP contribution in [0.15, 0.2) is 16.9 Å². The molecule has 0 radical (unpaired) electrons.